The Morgan fingerprint density at radius 3 is 2.57 bits per heavy atom. The van der Waals surface area contributed by atoms with Crippen LogP contribution in [0, 0.1) is 0 Å². The minimum atomic E-state index is -0.223. The number of amides is 1. The third-order valence-electron chi connectivity index (χ3n) is 5.01. The predicted octanol–water partition coefficient (Wildman–Crippen LogP) is 2.15. The first-order chi connectivity index (χ1) is 11.2. The van der Waals surface area contributed by atoms with E-state index in [1.54, 1.807) is 0 Å². The highest BCUT2D eigenvalue weighted by atomic mass is 32.2. The zero-order valence-corrected chi connectivity index (χ0v) is 14.5. The Morgan fingerprint density at radius 1 is 1.26 bits per heavy atom. The van der Waals surface area contributed by atoms with Gasteiger partial charge in [0.25, 0.3) is 0 Å². The largest absolute Gasteiger partial charge is 0.393 e. The number of likely N-dealkylation sites (N-methyl/N-ethyl adjacent to an activating group) is 1. The standard InChI is InChI=1S/C18H26N2O2S/c1-19(15-9-12-23-13-15)18(22)17(14-5-3-2-4-6-14)20-10-7-16(21)8-11-20/h2-6,15-17,21H,7-13H2,1H3/t15-,17-/m1/s1. The Hall–Kier alpha value is -1.04. The molecule has 2 heterocycles. The van der Waals surface area contributed by atoms with Gasteiger partial charge in [0.1, 0.15) is 6.04 Å². The van der Waals surface area contributed by atoms with Crippen LogP contribution in [0.2, 0.25) is 0 Å². The molecule has 1 N–H and O–H groups in total. The van der Waals surface area contributed by atoms with Crippen molar-refractivity contribution in [2.75, 3.05) is 31.6 Å². The van der Waals surface area contributed by atoms with E-state index in [1.807, 2.05) is 54.0 Å². The van der Waals surface area contributed by atoms with Crippen LogP contribution in [0.15, 0.2) is 30.3 Å². The minimum absolute atomic E-state index is 0.195. The Morgan fingerprint density at radius 2 is 1.96 bits per heavy atom. The summed E-state index contributed by atoms with van der Waals surface area (Å²) < 4.78 is 0. The summed E-state index contributed by atoms with van der Waals surface area (Å²) in [6.45, 7) is 1.56. The summed E-state index contributed by atoms with van der Waals surface area (Å²) in [5.41, 5.74) is 1.06. The molecule has 2 fully saturated rings. The molecule has 3 rings (SSSR count). The van der Waals surface area contributed by atoms with E-state index >= 15 is 0 Å². The number of nitrogens with zero attached hydrogens (tertiary/aromatic N) is 2. The zero-order valence-electron chi connectivity index (χ0n) is 13.7. The smallest absolute Gasteiger partial charge is 0.244 e. The lowest BCUT2D eigenvalue weighted by Crippen LogP contribution is -2.48. The summed E-state index contributed by atoms with van der Waals surface area (Å²) in [4.78, 5) is 17.4. The van der Waals surface area contributed by atoms with Gasteiger partial charge in [0.05, 0.1) is 6.10 Å². The van der Waals surface area contributed by atoms with Gasteiger partial charge in [0.2, 0.25) is 5.91 Å². The van der Waals surface area contributed by atoms with E-state index in [4.69, 9.17) is 0 Å². The highest BCUT2D eigenvalue weighted by Gasteiger charge is 2.35. The molecule has 5 heteroatoms. The van der Waals surface area contributed by atoms with Crippen LogP contribution in [0.1, 0.15) is 30.9 Å². The van der Waals surface area contributed by atoms with Crippen LogP contribution in [0.3, 0.4) is 0 Å². The van der Waals surface area contributed by atoms with E-state index in [1.165, 1.54) is 0 Å². The van der Waals surface area contributed by atoms with Gasteiger partial charge in [0.15, 0.2) is 0 Å². The molecule has 0 bridgehead atoms. The van der Waals surface area contributed by atoms with Crippen LogP contribution >= 0.6 is 11.8 Å². The number of aliphatic hydroxyl groups is 1. The van der Waals surface area contributed by atoms with E-state index in [0.717, 1.165) is 49.4 Å². The first-order valence-electron chi connectivity index (χ1n) is 8.48. The molecule has 0 saturated carbocycles. The number of thioether (sulfide) groups is 1. The van der Waals surface area contributed by atoms with Crippen LogP contribution in [0.5, 0.6) is 0 Å². The van der Waals surface area contributed by atoms with Crippen molar-refractivity contribution in [2.24, 2.45) is 0 Å². The molecule has 2 atom stereocenters. The second-order valence-electron chi connectivity index (χ2n) is 6.55. The Bertz CT molecular complexity index is 511. The molecule has 0 radical (unpaired) electrons. The number of hydrogen-bond donors (Lipinski definition) is 1. The van der Waals surface area contributed by atoms with Gasteiger partial charge in [-0.3, -0.25) is 9.69 Å². The Balaban J connectivity index is 1.81. The summed E-state index contributed by atoms with van der Waals surface area (Å²) >= 11 is 1.93. The molecule has 1 aromatic carbocycles. The van der Waals surface area contributed by atoms with Crippen LogP contribution in [0.25, 0.3) is 0 Å². The van der Waals surface area contributed by atoms with Crippen LogP contribution in [-0.4, -0.2) is 64.6 Å². The van der Waals surface area contributed by atoms with Crippen molar-refractivity contribution in [1.29, 1.82) is 0 Å². The zero-order chi connectivity index (χ0) is 16.2. The third-order valence-corrected chi connectivity index (χ3v) is 6.16. The van der Waals surface area contributed by atoms with Crippen molar-refractivity contribution < 1.29 is 9.90 Å². The lowest BCUT2D eigenvalue weighted by molar-refractivity contribution is -0.138. The van der Waals surface area contributed by atoms with Crippen molar-refractivity contribution in [3.05, 3.63) is 35.9 Å². The number of carbonyl (C=O) groups excluding carboxylic acids is 1. The maximum absolute atomic E-state index is 13.2. The first-order valence-corrected chi connectivity index (χ1v) is 9.64. The van der Waals surface area contributed by atoms with Gasteiger partial charge in [0, 0.05) is 31.9 Å². The Kier molecular flexibility index (Phi) is 5.62. The van der Waals surface area contributed by atoms with E-state index in [-0.39, 0.29) is 18.1 Å². The molecule has 2 aliphatic heterocycles. The molecule has 126 valence electrons. The molecule has 0 unspecified atom stereocenters. The summed E-state index contributed by atoms with van der Waals surface area (Å²) in [5, 5.41) is 9.77. The normalized spacial score (nSPS) is 24.5. The average molecular weight is 334 g/mol. The van der Waals surface area contributed by atoms with Crippen molar-refractivity contribution in [2.45, 2.75) is 37.5 Å². The van der Waals surface area contributed by atoms with Crippen LogP contribution in [0.4, 0.5) is 0 Å². The highest BCUT2D eigenvalue weighted by Crippen LogP contribution is 2.29. The number of carbonyl (C=O) groups is 1. The number of hydrogen-bond acceptors (Lipinski definition) is 4. The number of likely N-dealkylation sites (tertiary alicyclic amines) is 1. The van der Waals surface area contributed by atoms with Gasteiger partial charge in [-0.2, -0.15) is 11.8 Å². The molecule has 0 spiro atoms. The summed E-state index contributed by atoms with van der Waals surface area (Å²) in [6, 6.07) is 10.2. The highest BCUT2D eigenvalue weighted by molar-refractivity contribution is 7.99. The lowest BCUT2D eigenvalue weighted by atomic mass is 9.99. The van der Waals surface area contributed by atoms with E-state index in [2.05, 4.69) is 4.90 Å². The quantitative estimate of drug-likeness (QED) is 0.916. The fourth-order valence-electron chi connectivity index (χ4n) is 3.49. The summed E-state index contributed by atoms with van der Waals surface area (Å²) in [5.74, 6) is 2.39. The van der Waals surface area contributed by atoms with Crippen molar-refractivity contribution in [3.8, 4) is 0 Å². The predicted molar refractivity (Wildman–Crippen MR) is 94.5 cm³/mol. The topological polar surface area (TPSA) is 43.8 Å². The van der Waals surface area contributed by atoms with Crippen molar-refractivity contribution >= 4 is 17.7 Å². The molecule has 2 saturated heterocycles. The molecule has 1 aromatic rings. The number of rotatable bonds is 4. The van der Waals surface area contributed by atoms with Crippen LogP contribution < -0.4 is 0 Å². The molecular formula is C18H26N2O2S. The maximum atomic E-state index is 13.2. The number of benzene rings is 1. The van der Waals surface area contributed by atoms with Gasteiger partial charge < -0.3 is 10.0 Å². The molecule has 2 aliphatic rings. The minimum Gasteiger partial charge on any atom is -0.393 e. The lowest BCUT2D eigenvalue weighted by Gasteiger charge is -2.38. The summed E-state index contributed by atoms with van der Waals surface area (Å²) in [7, 11) is 1.95. The molecule has 0 aliphatic carbocycles. The second-order valence-corrected chi connectivity index (χ2v) is 7.70. The molecular weight excluding hydrogens is 308 g/mol. The van der Waals surface area contributed by atoms with E-state index in [0.29, 0.717) is 6.04 Å². The number of piperidine rings is 1. The van der Waals surface area contributed by atoms with Gasteiger partial charge >= 0.3 is 0 Å². The van der Waals surface area contributed by atoms with E-state index < -0.39 is 0 Å². The van der Waals surface area contributed by atoms with Crippen molar-refractivity contribution in [3.63, 3.8) is 0 Å². The molecule has 1 amide bonds. The first kappa shape index (κ1) is 16.8. The third kappa shape index (κ3) is 3.90. The average Bonchev–Trinajstić information content (AvgIpc) is 3.11. The molecule has 0 aromatic heterocycles. The second kappa shape index (κ2) is 7.69. The monoisotopic (exact) mass is 334 g/mol. The van der Waals surface area contributed by atoms with Crippen LogP contribution in [-0.2, 0) is 4.79 Å². The van der Waals surface area contributed by atoms with Gasteiger partial charge in [-0.1, -0.05) is 30.3 Å². The van der Waals surface area contributed by atoms with Gasteiger partial charge in [-0.25, -0.2) is 0 Å². The van der Waals surface area contributed by atoms with E-state index in [9.17, 15) is 9.90 Å². The fraction of sp³-hybridized carbons (Fsp3) is 0.611. The number of aliphatic hydroxyl groups excluding tert-OH is 1. The molecule has 4 nitrogen and oxygen atoms in total. The van der Waals surface area contributed by atoms with Gasteiger partial charge in [-0.05, 0) is 30.6 Å². The maximum Gasteiger partial charge on any atom is 0.244 e. The SMILES string of the molecule is CN(C(=O)[C@@H](c1ccccc1)N1CCC(O)CC1)[C@@H]1CCSC1. The molecule has 23 heavy (non-hydrogen) atoms. The van der Waals surface area contributed by atoms with Gasteiger partial charge in [-0.15, -0.1) is 0 Å². The van der Waals surface area contributed by atoms with Crippen molar-refractivity contribution in [1.82, 2.24) is 9.80 Å². The summed E-state index contributed by atoms with van der Waals surface area (Å²) in [6.07, 6.45) is 2.37. The fourth-order valence-corrected chi connectivity index (χ4v) is 4.76. The Labute approximate surface area is 142 Å².